The van der Waals surface area contributed by atoms with Gasteiger partial charge in [-0.2, -0.15) is 5.10 Å². The highest BCUT2D eigenvalue weighted by molar-refractivity contribution is 9.10. The van der Waals surface area contributed by atoms with Crippen LogP contribution in [0.4, 0.5) is 0 Å². The Kier molecular flexibility index (Phi) is 4.84. The van der Waals surface area contributed by atoms with E-state index < -0.39 is 5.97 Å². The lowest BCUT2D eigenvalue weighted by Gasteiger charge is -2.12. The van der Waals surface area contributed by atoms with Gasteiger partial charge in [0.2, 0.25) is 5.69 Å². The van der Waals surface area contributed by atoms with E-state index in [2.05, 4.69) is 31.2 Å². The van der Waals surface area contributed by atoms with Crippen LogP contribution in [0.1, 0.15) is 63.4 Å². The van der Waals surface area contributed by atoms with Crippen LogP contribution >= 0.6 is 15.9 Å². The van der Waals surface area contributed by atoms with E-state index in [1.54, 1.807) is 30.1 Å². The molecule has 1 fully saturated rings. The fraction of sp³-hybridized carbons (Fsp3) is 0.316. The van der Waals surface area contributed by atoms with Gasteiger partial charge in [0.1, 0.15) is 18.2 Å². The molecule has 1 aliphatic rings. The second-order valence-corrected chi connectivity index (χ2v) is 7.30. The average Bonchev–Trinajstić information content (AvgIpc) is 3.19. The Morgan fingerprint density at radius 3 is 2.79 bits per heavy atom. The van der Waals surface area contributed by atoms with Crippen LogP contribution in [-0.2, 0) is 4.74 Å². The molecule has 0 saturated heterocycles. The Bertz CT molecular complexity index is 1050. The number of benzene rings is 1. The molecule has 1 aliphatic carbocycles. The molecule has 2 aromatic heterocycles. The van der Waals surface area contributed by atoms with Crippen molar-refractivity contribution in [2.75, 3.05) is 6.61 Å². The van der Waals surface area contributed by atoms with Crippen LogP contribution < -0.4 is 0 Å². The SMILES string of the molecule is CCOC(=O)c1noc(C2CC2)c1C(=O)c1ccc(-n2cncn2)c(Br)c1C. The van der Waals surface area contributed by atoms with Crippen LogP contribution in [0, 0.1) is 6.92 Å². The number of hydrogen-bond donors (Lipinski definition) is 0. The number of carbonyl (C=O) groups is 2. The summed E-state index contributed by atoms with van der Waals surface area (Å²) in [6.07, 6.45) is 4.83. The summed E-state index contributed by atoms with van der Waals surface area (Å²) < 4.78 is 12.7. The highest BCUT2D eigenvalue weighted by Gasteiger charge is 2.38. The van der Waals surface area contributed by atoms with Crippen molar-refractivity contribution in [3.05, 3.63) is 57.4 Å². The lowest BCUT2D eigenvalue weighted by Crippen LogP contribution is -2.14. The van der Waals surface area contributed by atoms with Crippen LogP contribution in [0.3, 0.4) is 0 Å². The van der Waals surface area contributed by atoms with Crippen LogP contribution in [0.5, 0.6) is 0 Å². The van der Waals surface area contributed by atoms with Crippen molar-refractivity contribution in [2.24, 2.45) is 0 Å². The smallest absolute Gasteiger partial charge is 0.361 e. The van der Waals surface area contributed by atoms with Crippen molar-refractivity contribution in [3.63, 3.8) is 0 Å². The summed E-state index contributed by atoms with van der Waals surface area (Å²) in [7, 11) is 0. The number of ether oxygens (including phenoxy) is 1. The van der Waals surface area contributed by atoms with Crippen molar-refractivity contribution in [3.8, 4) is 5.69 Å². The van der Waals surface area contributed by atoms with Gasteiger partial charge in [0.15, 0.2) is 11.5 Å². The quantitative estimate of drug-likeness (QED) is 0.422. The number of ketones is 1. The third kappa shape index (κ3) is 3.15. The maximum absolute atomic E-state index is 13.4. The van der Waals surface area contributed by atoms with Crippen molar-refractivity contribution in [2.45, 2.75) is 32.6 Å². The van der Waals surface area contributed by atoms with Crippen molar-refractivity contribution in [1.29, 1.82) is 0 Å². The van der Waals surface area contributed by atoms with E-state index in [1.165, 1.54) is 6.33 Å². The van der Waals surface area contributed by atoms with Gasteiger partial charge in [0.25, 0.3) is 0 Å². The van der Waals surface area contributed by atoms with Gasteiger partial charge in [-0.05, 0) is 60.3 Å². The molecule has 1 aromatic carbocycles. The van der Waals surface area contributed by atoms with Crippen LogP contribution in [-0.4, -0.2) is 38.3 Å². The first-order valence-electron chi connectivity index (χ1n) is 8.88. The monoisotopic (exact) mass is 444 g/mol. The van der Waals surface area contributed by atoms with Crippen LogP contribution in [0.15, 0.2) is 33.8 Å². The maximum atomic E-state index is 13.4. The van der Waals surface area contributed by atoms with Crippen LogP contribution in [0.2, 0.25) is 0 Å². The Hall–Kier alpha value is -2.81. The van der Waals surface area contributed by atoms with Gasteiger partial charge in [-0.25, -0.2) is 14.5 Å². The molecule has 4 rings (SSSR count). The van der Waals surface area contributed by atoms with Crippen molar-refractivity contribution >= 4 is 27.7 Å². The van der Waals surface area contributed by atoms with Gasteiger partial charge in [0, 0.05) is 16.0 Å². The number of aromatic nitrogens is 4. The lowest BCUT2D eigenvalue weighted by molar-refractivity contribution is 0.0512. The molecule has 0 amide bonds. The molecule has 0 atom stereocenters. The molecular weight excluding hydrogens is 428 g/mol. The molecule has 28 heavy (non-hydrogen) atoms. The standard InChI is InChI=1S/C19H17BrN4O4/c1-3-27-19(26)16-14(18(28-23-16)11-4-5-11)17(25)12-6-7-13(15(20)10(12)2)24-9-21-8-22-24/h6-9,11H,3-5H2,1-2H3. The number of rotatable bonds is 6. The predicted molar refractivity (Wildman–Crippen MR) is 102 cm³/mol. The number of carbonyl (C=O) groups excluding carboxylic acids is 2. The summed E-state index contributed by atoms with van der Waals surface area (Å²) in [5.41, 5.74) is 2.06. The zero-order valence-electron chi connectivity index (χ0n) is 15.3. The van der Waals surface area contributed by atoms with E-state index in [4.69, 9.17) is 9.26 Å². The second kappa shape index (κ2) is 7.31. The third-order valence-corrected chi connectivity index (χ3v) is 5.64. The number of nitrogens with zero attached hydrogens (tertiary/aromatic N) is 4. The molecule has 0 N–H and O–H groups in total. The molecule has 0 bridgehead atoms. The topological polar surface area (TPSA) is 100 Å². The fourth-order valence-corrected chi connectivity index (χ4v) is 3.57. The first kappa shape index (κ1) is 18.5. The van der Waals surface area contributed by atoms with Gasteiger partial charge in [-0.15, -0.1) is 0 Å². The number of esters is 1. The van der Waals surface area contributed by atoms with E-state index in [9.17, 15) is 9.59 Å². The summed E-state index contributed by atoms with van der Waals surface area (Å²) in [6, 6.07) is 3.48. The molecule has 0 unspecified atom stereocenters. The third-order valence-electron chi connectivity index (χ3n) is 4.64. The summed E-state index contributed by atoms with van der Waals surface area (Å²) >= 11 is 3.54. The van der Waals surface area contributed by atoms with E-state index in [0.29, 0.717) is 15.8 Å². The van der Waals surface area contributed by atoms with Crippen LogP contribution in [0.25, 0.3) is 5.69 Å². The molecule has 3 aromatic rings. The molecule has 0 radical (unpaired) electrons. The molecule has 2 heterocycles. The molecule has 1 saturated carbocycles. The number of hydrogen-bond acceptors (Lipinski definition) is 7. The fourth-order valence-electron chi connectivity index (χ4n) is 3.05. The summed E-state index contributed by atoms with van der Waals surface area (Å²) in [6.45, 7) is 3.72. The summed E-state index contributed by atoms with van der Waals surface area (Å²) in [5, 5.41) is 7.97. The minimum Gasteiger partial charge on any atom is -0.461 e. The second-order valence-electron chi connectivity index (χ2n) is 6.51. The Morgan fingerprint density at radius 1 is 1.36 bits per heavy atom. The summed E-state index contributed by atoms with van der Waals surface area (Å²) in [5.74, 6) is -0.385. The molecular formula is C19H17BrN4O4. The normalized spacial score (nSPS) is 13.5. The highest BCUT2D eigenvalue weighted by atomic mass is 79.9. The zero-order valence-corrected chi connectivity index (χ0v) is 16.9. The summed E-state index contributed by atoms with van der Waals surface area (Å²) in [4.78, 5) is 29.6. The van der Waals surface area contributed by atoms with Crippen molar-refractivity contribution in [1.82, 2.24) is 19.9 Å². The Labute approximate surface area is 169 Å². The van der Waals surface area contributed by atoms with Gasteiger partial charge in [0.05, 0.1) is 12.3 Å². The van der Waals surface area contributed by atoms with Gasteiger partial charge >= 0.3 is 5.97 Å². The first-order valence-corrected chi connectivity index (χ1v) is 9.67. The predicted octanol–water partition coefficient (Wildman–Crippen LogP) is 3.61. The largest absolute Gasteiger partial charge is 0.461 e. The number of halogens is 1. The van der Waals surface area contributed by atoms with E-state index in [0.717, 1.165) is 24.1 Å². The maximum Gasteiger partial charge on any atom is 0.361 e. The molecule has 0 spiro atoms. The van der Waals surface area contributed by atoms with E-state index >= 15 is 0 Å². The van der Waals surface area contributed by atoms with E-state index in [-0.39, 0.29) is 29.6 Å². The Balaban J connectivity index is 1.79. The zero-order chi connectivity index (χ0) is 19.8. The molecule has 0 aliphatic heterocycles. The van der Waals surface area contributed by atoms with E-state index in [1.807, 2.05) is 6.92 Å². The van der Waals surface area contributed by atoms with Gasteiger partial charge in [-0.3, -0.25) is 4.79 Å². The first-order chi connectivity index (χ1) is 13.5. The van der Waals surface area contributed by atoms with Gasteiger partial charge in [-0.1, -0.05) is 5.16 Å². The molecule has 9 heteroatoms. The highest BCUT2D eigenvalue weighted by Crippen LogP contribution is 2.43. The lowest BCUT2D eigenvalue weighted by atomic mass is 9.96. The molecule has 144 valence electrons. The Morgan fingerprint density at radius 2 is 2.14 bits per heavy atom. The average molecular weight is 445 g/mol. The minimum atomic E-state index is -0.655. The molecule has 8 nitrogen and oxygen atoms in total. The van der Waals surface area contributed by atoms with Gasteiger partial charge < -0.3 is 9.26 Å². The van der Waals surface area contributed by atoms with Crippen molar-refractivity contribution < 1.29 is 18.8 Å². The minimum absolute atomic E-state index is 0.0652.